The van der Waals surface area contributed by atoms with E-state index in [-0.39, 0.29) is 12.6 Å². The lowest BCUT2D eigenvalue weighted by molar-refractivity contribution is 0.136. The van der Waals surface area contributed by atoms with Gasteiger partial charge >= 0.3 is 0 Å². The first kappa shape index (κ1) is 14.1. The molecule has 4 N–H and O–H groups in total. The van der Waals surface area contributed by atoms with Gasteiger partial charge in [-0.15, -0.1) is 0 Å². The van der Waals surface area contributed by atoms with Crippen LogP contribution in [0.1, 0.15) is 18.6 Å². The Hall–Kier alpha value is -0.940. The number of benzene rings is 1. The molecule has 2 atom stereocenters. The molecule has 17 heavy (non-hydrogen) atoms. The molecular formula is C13H22N2O2. The highest BCUT2D eigenvalue weighted by Crippen LogP contribution is 2.15. The van der Waals surface area contributed by atoms with Gasteiger partial charge in [0.25, 0.3) is 0 Å². The number of nitrogens with one attached hydrogen (secondary N) is 2. The maximum atomic E-state index is 10.1. The lowest BCUT2D eigenvalue weighted by Crippen LogP contribution is -2.37. The van der Waals surface area contributed by atoms with Crippen LogP contribution in [-0.2, 0) is 0 Å². The van der Waals surface area contributed by atoms with Crippen LogP contribution in [0.15, 0.2) is 30.3 Å². The van der Waals surface area contributed by atoms with Crippen LogP contribution in [0.5, 0.6) is 0 Å². The lowest BCUT2D eigenvalue weighted by Gasteiger charge is -2.20. The predicted octanol–water partition coefficient (Wildman–Crippen LogP) is 0.280. The normalized spacial score (nSPS) is 14.5. The number of rotatable bonds is 8. The van der Waals surface area contributed by atoms with Crippen molar-refractivity contribution in [3.05, 3.63) is 35.9 Å². The predicted molar refractivity (Wildman–Crippen MR) is 68.8 cm³/mol. The molecule has 0 saturated heterocycles. The molecule has 0 aliphatic carbocycles. The van der Waals surface area contributed by atoms with Crippen molar-refractivity contribution in [2.24, 2.45) is 0 Å². The maximum Gasteiger partial charge on any atom is 0.0940 e. The minimum absolute atomic E-state index is 0.00771. The third-order valence-electron chi connectivity index (χ3n) is 2.67. The second-order valence-electron chi connectivity index (χ2n) is 4.07. The van der Waals surface area contributed by atoms with Crippen LogP contribution in [0.4, 0.5) is 0 Å². The first-order valence-corrected chi connectivity index (χ1v) is 6.03. The zero-order valence-corrected chi connectivity index (χ0v) is 10.3. The Bertz CT molecular complexity index is 293. The van der Waals surface area contributed by atoms with Gasteiger partial charge in [0.1, 0.15) is 0 Å². The minimum atomic E-state index is -0.492. The summed E-state index contributed by atoms with van der Waals surface area (Å²) in [4.78, 5) is 0. The summed E-state index contributed by atoms with van der Waals surface area (Å²) in [6, 6.07) is 9.64. The molecule has 0 aromatic heterocycles. The van der Waals surface area contributed by atoms with Crippen molar-refractivity contribution < 1.29 is 10.2 Å². The van der Waals surface area contributed by atoms with Crippen LogP contribution in [0.2, 0.25) is 0 Å². The van der Waals surface area contributed by atoms with E-state index in [0.29, 0.717) is 6.54 Å². The van der Waals surface area contributed by atoms with Crippen molar-refractivity contribution in [3.63, 3.8) is 0 Å². The monoisotopic (exact) mass is 238 g/mol. The second kappa shape index (κ2) is 8.20. The summed E-state index contributed by atoms with van der Waals surface area (Å²) < 4.78 is 0. The Morgan fingerprint density at radius 2 is 1.82 bits per heavy atom. The van der Waals surface area contributed by atoms with E-state index in [1.54, 1.807) is 0 Å². The number of aliphatic hydroxyl groups is 2. The van der Waals surface area contributed by atoms with Crippen LogP contribution in [0.3, 0.4) is 0 Å². The van der Waals surface area contributed by atoms with E-state index in [2.05, 4.69) is 10.6 Å². The van der Waals surface area contributed by atoms with E-state index in [4.69, 9.17) is 5.11 Å². The van der Waals surface area contributed by atoms with E-state index in [1.165, 1.54) is 0 Å². The molecule has 0 bridgehead atoms. The van der Waals surface area contributed by atoms with E-state index in [0.717, 1.165) is 18.7 Å². The zero-order chi connectivity index (χ0) is 12.5. The number of hydrogen-bond donors (Lipinski definition) is 4. The average Bonchev–Trinajstić information content (AvgIpc) is 2.38. The van der Waals surface area contributed by atoms with Crippen molar-refractivity contribution in [3.8, 4) is 0 Å². The smallest absolute Gasteiger partial charge is 0.0940 e. The van der Waals surface area contributed by atoms with Crippen LogP contribution >= 0.6 is 0 Å². The van der Waals surface area contributed by atoms with Gasteiger partial charge in [-0.05, 0) is 12.5 Å². The van der Waals surface area contributed by atoms with Crippen LogP contribution in [-0.4, -0.2) is 42.5 Å². The molecule has 96 valence electrons. The summed E-state index contributed by atoms with van der Waals surface area (Å²) in [7, 11) is 0. The first-order valence-electron chi connectivity index (χ1n) is 6.03. The molecule has 1 rings (SSSR count). The average molecular weight is 238 g/mol. The third kappa shape index (κ3) is 5.28. The maximum absolute atomic E-state index is 10.1. The van der Waals surface area contributed by atoms with Gasteiger partial charge in [0.15, 0.2) is 0 Å². The fraction of sp³-hybridized carbons (Fsp3) is 0.538. The molecule has 0 aliphatic rings. The second-order valence-corrected chi connectivity index (χ2v) is 4.07. The Morgan fingerprint density at radius 1 is 1.12 bits per heavy atom. The largest absolute Gasteiger partial charge is 0.395 e. The standard InChI is InChI=1S/C13H22N2O2/c1-11(15-8-7-14-9-10-16)13(17)12-5-3-2-4-6-12/h2-6,11,13-17H,7-10H2,1H3. The van der Waals surface area contributed by atoms with Crippen molar-refractivity contribution in [2.75, 3.05) is 26.2 Å². The fourth-order valence-corrected chi connectivity index (χ4v) is 1.64. The molecule has 4 heteroatoms. The first-order chi connectivity index (χ1) is 8.25. The number of hydrogen-bond acceptors (Lipinski definition) is 4. The molecule has 0 radical (unpaired) electrons. The van der Waals surface area contributed by atoms with Gasteiger partial charge in [-0.3, -0.25) is 0 Å². The van der Waals surface area contributed by atoms with Crippen molar-refractivity contribution in [1.29, 1.82) is 0 Å². The molecular weight excluding hydrogens is 216 g/mol. The molecule has 0 fully saturated rings. The van der Waals surface area contributed by atoms with E-state index in [9.17, 15) is 5.11 Å². The summed E-state index contributed by atoms with van der Waals surface area (Å²) in [5, 5.41) is 25.0. The van der Waals surface area contributed by atoms with Gasteiger partial charge in [0.05, 0.1) is 12.7 Å². The van der Waals surface area contributed by atoms with E-state index in [1.807, 2.05) is 37.3 Å². The van der Waals surface area contributed by atoms with Crippen LogP contribution in [0, 0.1) is 0 Å². The Labute approximate surface area is 103 Å². The molecule has 0 heterocycles. The highest BCUT2D eigenvalue weighted by Gasteiger charge is 2.14. The molecule has 1 aromatic rings. The third-order valence-corrected chi connectivity index (χ3v) is 2.67. The Morgan fingerprint density at radius 3 is 2.47 bits per heavy atom. The van der Waals surface area contributed by atoms with Gasteiger partial charge < -0.3 is 20.8 Å². The van der Waals surface area contributed by atoms with E-state index < -0.39 is 6.10 Å². The Balaban J connectivity index is 2.25. The summed E-state index contributed by atoms with van der Waals surface area (Å²) >= 11 is 0. The Kier molecular flexibility index (Phi) is 6.81. The summed E-state index contributed by atoms with van der Waals surface area (Å²) in [5.41, 5.74) is 0.927. The quantitative estimate of drug-likeness (QED) is 0.491. The van der Waals surface area contributed by atoms with Gasteiger partial charge in [-0.25, -0.2) is 0 Å². The van der Waals surface area contributed by atoms with Crippen molar-refractivity contribution in [1.82, 2.24) is 10.6 Å². The lowest BCUT2D eigenvalue weighted by atomic mass is 10.0. The molecule has 0 aliphatic heterocycles. The summed E-state index contributed by atoms with van der Waals surface area (Å²) in [5.74, 6) is 0. The number of aliphatic hydroxyl groups excluding tert-OH is 2. The zero-order valence-electron chi connectivity index (χ0n) is 10.3. The molecule has 0 spiro atoms. The minimum Gasteiger partial charge on any atom is -0.395 e. The van der Waals surface area contributed by atoms with Crippen LogP contribution in [0.25, 0.3) is 0 Å². The molecule has 2 unspecified atom stereocenters. The molecule has 0 amide bonds. The summed E-state index contributed by atoms with van der Waals surface area (Å²) in [6.45, 7) is 4.28. The van der Waals surface area contributed by atoms with Gasteiger partial charge in [-0.1, -0.05) is 30.3 Å². The topological polar surface area (TPSA) is 64.5 Å². The van der Waals surface area contributed by atoms with Gasteiger partial charge in [-0.2, -0.15) is 0 Å². The molecule has 4 nitrogen and oxygen atoms in total. The molecule has 0 saturated carbocycles. The summed E-state index contributed by atoms with van der Waals surface area (Å²) in [6.07, 6.45) is -0.492. The molecule has 1 aromatic carbocycles. The highest BCUT2D eigenvalue weighted by molar-refractivity contribution is 5.18. The van der Waals surface area contributed by atoms with Crippen molar-refractivity contribution >= 4 is 0 Å². The SMILES string of the molecule is CC(NCCNCCO)C(O)c1ccccc1. The van der Waals surface area contributed by atoms with Crippen molar-refractivity contribution in [2.45, 2.75) is 19.1 Å². The van der Waals surface area contributed by atoms with Gasteiger partial charge in [0, 0.05) is 25.7 Å². The highest BCUT2D eigenvalue weighted by atomic mass is 16.3. The van der Waals surface area contributed by atoms with Gasteiger partial charge in [0.2, 0.25) is 0 Å². The van der Waals surface area contributed by atoms with E-state index >= 15 is 0 Å². The van der Waals surface area contributed by atoms with Crippen LogP contribution < -0.4 is 10.6 Å². The fourth-order valence-electron chi connectivity index (χ4n) is 1.64.